The molecular formula is C43H36N2. The van der Waals surface area contributed by atoms with E-state index in [4.69, 9.17) is 11.5 Å². The molecule has 2 nitrogen and oxygen atoms in total. The zero-order valence-corrected chi connectivity index (χ0v) is 25.3. The van der Waals surface area contributed by atoms with Gasteiger partial charge in [0.05, 0.1) is 0 Å². The molecule has 4 N–H and O–H groups in total. The molecule has 0 heterocycles. The van der Waals surface area contributed by atoms with Gasteiger partial charge in [-0.3, -0.25) is 0 Å². The first-order valence-electron chi connectivity index (χ1n) is 15.5. The lowest BCUT2D eigenvalue weighted by Crippen LogP contribution is -2.25. The highest BCUT2D eigenvalue weighted by atomic mass is 14.6. The van der Waals surface area contributed by atoms with E-state index in [1.807, 2.05) is 12.2 Å². The molecule has 2 heteroatoms. The van der Waals surface area contributed by atoms with E-state index < -0.39 is 5.41 Å². The Morgan fingerprint density at radius 1 is 0.489 bits per heavy atom. The van der Waals surface area contributed by atoms with Crippen molar-refractivity contribution in [3.63, 3.8) is 0 Å². The first-order valence-corrected chi connectivity index (χ1v) is 15.5. The van der Waals surface area contributed by atoms with Crippen molar-refractivity contribution in [2.24, 2.45) is 0 Å². The fourth-order valence-corrected chi connectivity index (χ4v) is 7.49. The Labute approximate surface area is 266 Å². The lowest BCUT2D eigenvalue weighted by molar-refractivity contribution is 0.545. The standard InChI is InChI=1S/C43H36N2/c1-3-25-43(26-4-2)35-28-33(44)27-34(29-17-9-5-10-18-29)39(35)40-36(30-19-11-6-12-20-30)37(31-21-13-7-14-22-31)42(45)38(41(40)43)32-23-15-8-16-24-32/h3-24,27-28H,1-2,25-26,44-45H2. The molecule has 6 aromatic rings. The van der Waals surface area contributed by atoms with E-state index in [-0.39, 0.29) is 0 Å². The van der Waals surface area contributed by atoms with Crippen LogP contribution in [0.25, 0.3) is 55.6 Å². The summed E-state index contributed by atoms with van der Waals surface area (Å²) >= 11 is 0. The van der Waals surface area contributed by atoms with Crippen LogP contribution in [0.15, 0.2) is 159 Å². The summed E-state index contributed by atoms with van der Waals surface area (Å²) in [4.78, 5) is 0. The van der Waals surface area contributed by atoms with E-state index in [1.165, 1.54) is 22.3 Å². The molecule has 0 amide bonds. The molecule has 0 unspecified atom stereocenters. The Morgan fingerprint density at radius 2 is 0.933 bits per heavy atom. The van der Waals surface area contributed by atoms with E-state index in [1.54, 1.807) is 0 Å². The van der Waals surface area contributed by atoms with Crippen LogP contribution in [0.1, 0.15) is 24.0 Å². The number of anilines is 2. The van der Waals surface area contributed by atoms with E-state index >= 15 is 0 Å². The highest BCUT2D eigenvalue weighted by Crippen LogP contribution is 2.64. The largest absolute Gasteiger partial charge is 0.399 e. The zero-order valence-electron chi connectivity index (χ0n) is 25.3. The highest BCUT2D eigenvalue weighted by Gasteiger charge is 2.47. The summed E-state index contributed by atoms with van der Waals surface area (Å²) in [7, 11) is 0. The molecule has 218 valence electrons. The topological polar surface area (TPSA) is 52.0 Å². The molecule has 0 radical (unpaired) electrons. The van der Waals surface area contributed by atoms with Gasteiger partial charge in [-0.05, 0) is 80.6 Å². The second kappa shape index (κ2) is 11.5. The highest BCUT2D eigenvalue weighted by molar-refractivity contribution is 6.12. The molecule has 7 rings (SSSR count). The van der Waals surface area contributed by atoms with Crippen LogP contribution in [0, 0.1) is 0 Å². The number of hydrogen-bond acceptors (Lipinski definition) is 2. The average molecular weight is 581 g/mol. The molecular weight excluding hydrogens is 544 g/mol. The minimum absolute atomic E-state index is 0.481. The number of hydrogen-bond donors (Lipinski definition) is 2. The van der Waals surface area contributed by atoms with Crippen molar-refractivity contribution >= 4 is 11.4 Å². The Bertz CT molecular complexity index is 2020. The molecule has 0 fully saturated rings. The lowest BCUT2D eigenvalue weighted by atomic mass is 9.69. The molecule has 1 aliphatic carbocycles. The summed E-state index contributed by atoms with van der Waals surface area (Å²) in [5.74, 6) is 0. The third-order valence-electron chi connectivity index (χ3n) is 9.20. The summed E-state index contributed by atoms with van der Waals surface area (Å²) in [6, 6.07) is 46.7. The maximum atomic E-state index is 7.51. The maximum absolute atomic E-state index is 7.51. The molecule has 6 aromatic carbocycles. The Morgan fingerprint density at radius 3 is 1.42 bits per heavy atom. The van der Waals surface area contributed by atoms with Crippen LogP contribution in [0.3, 0.4) is 0 Å². The van der Waals surface area contributed by atoms with Crippen molar-refractivity contribution in [2.45, 2.75) is 18.3 Å². The van der Waals surface area contributed by atoms with Gasteiger partial charge in [0, 0.05) is 27.9 Å². The van der Waals surface area contributed by atoms with E-state index in [0.29, 0.717) is 12.8 Å². The van der Waals surface area contributed by atoms with Crippen molar-refractivity contribution in [3.05, 3.63) is 170 Å². The fourth-order valence-electron chi connectivity index (χ4n) is 7.49. The van der Waals surface area contributed by atoms with Crippen molar-refractivity contribution in [2.75, 3.05) is 11.5 Å². The number of fused-ring (bicyclic) bond motifs is 3. The summed E-state index contributed by atoms with van der Waals surface area (Å²) in [6.07, 6.45) is 5.47. The molecule has 0 spiro atoms. The van der Waals surface area contributed by atoms with E-state index in [9.17, 15) is 0 Å². The first-order chi connectivity index (χ1) is 22.1. The van der Waals surface area contributed by atoms with Gasteiger partial charge in [-0.2, -0.15) is 0 Å². The summed E-state index contributed by atoms with van der Waals surface area (Å²) < 4.78 is 0. The van der Waals surface area contributed by atoms with Gasteiger partial charge in [-0.1, -0.05) is 133 Å². The van der Waals surface area contributed by atoms with E-state index in [0.717, 1.165) is 55.9 Å². The number of benzene rings is 6. The first kappa shape index (κ1) is 28.2. The van der Waals surface area contributed by atoms with Crippen molar-refractivity contribution in [1.29, 1.82) is 0 Å². The third-order valence-corrected chi connectivity index (χ3v) is 9.20. The molecule has 0 saturated carbocycles. The van der Waals surface area contributed by atoms with Gasteiger partial charge in [0.15, 0.2) is 0 Å². The second-order valence-corrected chi connectivity index (χ2v) is 11.8. The average Bonchev–Trinajstić information content (AvgIpc) is 3.34. The van der Waals surface area contributed by atoms with Gasteiger partial charge in [-0.25, -0.2) is 0 Å². The quantitative estimate of drug-likeness (QED) is 0.139. The second-order valence-electron chi connectivity index (χ2n) is 11.8. The molecule has 0 aromatic heterocycles. The predicted molar refractivity (Wildman–Crippen MR) is 193 cm³/mol. The molecule has 0 aliphatic heterocycles. The van der Waals surface area contributed by atoms with Gasteiger partial charge in [0.2, 0.25) is 0 Å². The lowest BCUT2D eigenvalue weighted by Gasteiger charge is -2.34. The van der Waals surface area contributed by atoms with Gasteiger partial charge in [-0.15, -0.1) is 13.2 Å². The molecule has 0 saturated heterocycles. The van der Waals surface area contributed by atoms with Gasteiger partial charge < -0.3 is 11.5 Å². The SMILES string of the molecule is C=CCC1(CC=C)c2cc(N)cc(-c3ccccc3)c2-c2c(-c3ccccc3)c(-c3ccccc3)c(N)c(-c3ccccc3)c21. The third kappa shape index (κ3) is 4.49. The van der Waals surface area contributed by atoms with Crippen LogP contribution in [0.2, 0.25) is 0 Å². The summed E-state index contributed by atoms with van der Waals surface area (Å²) in [5, 5.41) is 0. The minimum Gasteiger partial charge on any atom is -0.399 e. The summed E-state index contributed by atoms with van der Waals surface area (Å²) in [6.45, 7) is 8.55. The van der Waals surface area contributed by atoms with E-state index in [2.05, 4.69) is 147 Å². The number of allylic oxidation sites excluding steroid dienone is 2. The van der Waals surface area contributed by atoms with Crippen molar-refractivity contribution < 1.29 is 0 Å². The number of nitrogen functional groups attached to an aromatic ring is 2. The van der Waals surface area contributed by atoms with Gasteiger partial charge >= 0.3 is 0 Å². The molecule has 0 atom stereocenters. The maximum Gasteiger partial charge on any atom is 0.0483 e. The van der Waals surface area contributed by atoms with Crippen molar-refractivity contribution in [3.8, 4) is 55.6 Å². The van der Waals surface area contributed by atoms with Crippen LogP contribution in [0.5, 0.6) is 0 Å². The van der Waals surface area contributed by atoms with Crippen LogP contribution < -0.4 is 11.5 Å². The predicted octanol–water partition coefficient (Wildman–Crippen LogP) is 10.9. The Hall–Kier alpha value is -5.60. The zero-order chi connectivity index (χ0) is 31.0. The number of nitrogens with two attached hydrogens (primary N) is 2. The monoisotopic (exact) mass is 580 g/mol. The van der Waals surface area contributed by atoms with Crippen LogP contribution in [-0.2, 0) is 5.41 Å². The molecule has 45 heavy (non-hydrogen) atoms. The molecule has 0 bridgehead atoms. The van der Waals surface area contributed by atoms with Crippen molar-refractivity contribution in [1.82, 2.24) is 0 Å². The van der Waals surface area contributed by atoms with Gasteiger partial charge in [0.25, 0.3) is 0 Å². The van der Waals surface area contributed by atoms with Crippen LogP contribution in [-0.4, -0.2) is 0 Å². The Kier molecular flexibility index (Phi) is 7.19. The fraction of sp³-hybridized carbons (Fsp3) is 0.0698. The molecule has 1 aliphatic rings. The van der Waals surface area contributed by atoms with Crippen LogP contribution >= 0.6 is 0 Å². The Balaban J connectivity index is 1.80. The smallest absolute Gasteiger partial charge is 0.0483 e. The summed E-state index contributed by atoms with van der Waals surface area (Å²) in [5.41, 5.74) is 28.9. The number of rotatable bonds is 8. The normalized spacial score (nSPS) is 12.7. The minimum atomic E-state index is -0.481. The van der Waals surface area contributed by atoms with Gasteiger partial charge in [0.1, 0.15) is 0 Å². The van der Waals surface area contributed by atoms with Crippen LogP contribution in [0.4, 0.5) is 11.4 Å².